The summed E-state index contributed by atoms with van der Waals surface area (Å²) in [5.41, 5.74) is 6.71. The summed E-state index contributed by atoms with van der Waals surface area (Å²) in [6.07, 6.45) is 9.53. The van der Waals surface area contributed by atoms with Gasteiger partial charge in [0.25, 0.3) is 0 Å². The van der Waals surface area contributed by atoms with E-state index >= 15 is 0 Å². The van der Waals surface area contributed by atoms with Crippen molar-refractivity contribution in [2.45, 2.75) is 25.2 Å². The lowest BCUT2D eigenvalue weighted by molar-refractivity contribution is -0.377. The largest absolute Gasteiger partial charge is 0.612 e. The Morgan fingerprint density at radius 3 is 2.65 bits per heavy atom. The molecule has 0 amide bonds. The van der Waals surface area contributed by atoms with Gasteiger partial charge in [-0.15, -0.1) is 0 Å². The van der Waals surface area contributed by atoms with E-state index in [1.165, 1.54) is 12.2 Å². The Bertz CT molecular complexity index is 981. The van der Waals surface area contributed by atoms with Gasteiger partial charge >= 0.3 is 5.97 Å². The number of fused-ring (bicyclic) bond motifs is 1. The van der Waals surface area contributed by atoms with Crippen molar-refractivity contribution in [2.75, 3.05) is 12.0 Å². The number of esters is 1. The molecule has 8 heteroatoms. The van der Waals surface area contributed by atoms with Crippen LogP contribution in [0.2, 0.25) is 0 Å². The predicted molar refractivity (Wildman–Crippen MR) is 95.9 cm³/mol. The van der Waals surface area contributed by atoms with E-state index in [4.69, 9.17) is 4.74 Å². The molecule has 2 N–H and O–H groups in total. The molecule has 0 radical (unpaired) electrons. The molecule has 0 unspecified atom stereocenters. The Hall–Kier alpha value is -3.29. The second kappa shape index (κ2) is 5.91. The molecule has 4 rings (SSSR count). The first kappa shape index (κ1) is 16.2. The van der Waals surface area contributed by atoms with Crippen LogP contribution in [0.15, 0.2) is 30.4 Å². The topological polar surface area (TPSA) is 112 Å². The molecule has 0 atom stereocenters. The van der Waals surface area contributed by atoms with E-state index in [0.717, 1.165) is 16.0 Å². The number of pyridine rings is 1. The molecule has 2 heterocycles. The third-order valence-corrected chi connectivity index (χ3v) is 4.76. The molecule has 1 aliphatic heterocycles. The SMILES string of the molecule is CCOC(=O)C1(c2cc(=C3C=CC(=[N+]([O-])[O-])C=C3)c3c(n2)NNC=3)CC1. The van der Waals surface area contributed by atoms with Crippen molar-refractivity contribution in [2.24, 2.45) is 0 Å². The molecule has 0 spiro atoms. The fraction of sp³-hybridized carbons (Fsp3) is 0.278. The van der Waals surface area contributed by atoms with Crippen LogP contribution in [-0.4, -0.2) is 28.2 Å². The standard InChI is InChI=1S/C18H17N4O4/c1-2-26-17(23)18(7-8-18)15-9-13(14-10-19-21-16(14)20-15)11-3-5-12(6-4-11)22(24)25/h3-6,9-10H,2,7-8H2,1H3,(H2-,19,20,21,24,25)/q-1. The smallest absolute Gasteiger partial charge is 0.318 e. The number of rotatable bonds is 3. The molecule has 0 saturated heterocycles. The van der Waals surface area contributed by atoms with E-state index in [0.29, 0.717) is 31.0 Å². The number of hydrogen-bond acceptors (Lipinski definition) is 7. The molecule has 8 nitrogen and oxygen atoms in total. The van der Waals surface area contributed by atoms with Crippen molar-refractivity contribution in [1.29, 1.82) is 0 Å². The highest BCUT2D eigenvalue weighted by Gasteiger charge is 2.54. The molecule has 0 bridgehead atoms. The summed E-state index contributed by atoms with van der Waals surface area (Å²) >= 11 is 0. The molecule has 134 valence electrons. The van der Waals surface area contributed by atoms with E-state index in [9.17, 15) is 15.2 Å². The lowest BCUT2D eigenvalue weighted by Crippen LogP contribution is -2.33. The zero-order valence-corrected chi connectivity index (χ0v) is 14.1. The Morgan fingerprint density at radius 2 is 2.04 bits per heavy atom. The Labute approximate surface area is 149 Å². The van der Waals surface area contributed by atoms with Gasteiger partial charge in [0, 0.05) is 23.6 Å². The van der Waals surface area contributed by atoms with E-state index in [1.807, 2.05) is 6.07 Å². The number of anilines is 1. The van der Waals surface area contributed by atoms with Gasteiger partial charge in [0.2, 0.25) is 5.71 Å². The number of nitrogens with one attached hydrogen (secondary N) is 2. The van der Waals surface area contributed by atoms with Crippen molar-refractivity contribution in [1.82, 2.24) is 10.4 Å². The van der Waals surface area contributed by atoms with E-state index in [1.54, 1.807) is 25.3 Å². The van der Waals surface area contributed by atoms with Crippen molar-refractivity contribution >= 4 is 29.3 Å². The molecular formula is C18H17N4O4-. The minimum absolute atomic E-state index is 0.0325. The molecule has 1 aromatic rings. The number of hydrogen-bond donors (Lipinski definition) is 2. The van der Waals surface area contributed by atoms with E-state index in [2.05, 4.69) is 15.8 Å². The number of carbonyl (C=O) groups excluding carboxylic acids is 1. The Kier molecular flexibility index (Phi) is 3.68. The second-order valence-corrected chi connectivity index (χ2v) is 6.34. The Morgan fingerprint density at radius 1 is 1.31 bits per heavy atom. The highest BCUT2D eigenvalue weighted by Crippen LogP contribution is 2.48. The fourth-order valence-electron chi connectivity index (χ4n) is 3.18. The first-order valence-corrected chi connectivity index (χ1v) is 8.37. The molecule has 3 aliphatic rings. The maximum absolute atomic E-state index is 12.4. The molecule has 0 aromatic carbocycles. The molecule has 2 aliphatic carbocycles. The van der Waals surface area contributed by atoms with Crippen LogP contribution >= 0.6 is 0 Å². The van der Waals surface area contributed by atoms with E-state index < -0.39 is 10.3 Å². The van der Waals surface area contributed by atoms with Gasteiger partial charge in [0.15, 0.2) is 5.82 Å². The summed E-state index contributed by atoms with van der Waals surface area (Å²) in [4.78, 5) is 16.6. The number of nitrogens with zero attached hydrogens (tertiary/aromatic N) is 2. The maximum Gasteiger partial charge on any atom is 0.318 e. The summed E-state index contributed by atoms with van der Waals surface area (Å²) in [6.45, 7) is 2.11. The second-order valence-electron chi connectivity index (χ2n) is 6.34. The van der Waals surface area contributed by atoms with E-state index in [-0.39, 0.29) is 11.7 Å². The van der Waals surface area contributed by atoms with Gasteiger partial charge in [-0.2, -0.15) is 4.90 Å². The van der Waals surface area contributed by atoms with Crippen LogP contribution in [0.3, 0.4) is 0 Å². The molecule has 26 heavy (non-hydrogen) atoms. The molecule has 1 aromatic heterocycles. The summed E-state index contributed by atoms with van der Waals surface area (Å²) in [5.74, 6) is 0.378. The lowest BCUT2D eigenvalue weighted by atomic mass is 9.98. The monoisotopic (exact) mass is 353 g/mol. The number of ether oxygens (including phenoxy) is 1. The average molecular weight is 353 g/mol. The van der Waals surface area contributed by atoms with Crippen LogP contribution < -0.4 is 21.3 Å². The summed E-state index contributed by atoms with van der Waals surface area (Å²) < 4.78 is 5.23. The van der Waals surface area contributed by atoms with Crippen molar-refractivity contribution in [3.8, 4) is 0 Å². The molecular weight excluding hydrogens is 336 g/mol. The minimum Gasteiger partial charge on any atom is -0.612 e. The normalized spacial score (nSPS) is 18.5. The van der Waals surface area contributed by atoms with Crippen LogP contribution in [-0.2, 0) is 14.9 Å². The fourth-order valence-corrected chi connectivity index (χ4v) is 3.18. The maximum atomic E-state index is 12.4. The summed E-state index contributed by atoms with van der Waals surface area (Å²) in [5, 5.41) is 23.5. The van der Waals surface area contributed by atoms with Gasteiger partial charge in [-0.05, 0) is 48.8 Å². The predicted octanol–water partition coefficient (Wildman–Crippen LogP) is 0.0702. The Balaban J connectivity index is 1.88. The van der Waals surface area contributed by atoms with Gasteiger partial charge in [0.05, 0.1) is 12.3 Å². The van der Waals surface area contributed by atoms with Crippen molar-refractivity contribution in [3.05, 3.63) is 56.9 Å². The lowest BCUT2D eigenvalue weighted by Gasteiger charge is -2.15. The number of aromatic nitrogens is 1. The van der Waals surface area contributed by atoms with Crippen LogP contribution in [0.5, 0.6) is 0 Å². The summed E-state index contributed by atoms with van der Waals surface area (Å²) in [6, 6.07) is 1.88. The molecule has 1 fully saturated rings. The third kappa shape index (κ3) is 2.50. The van der Waals surface area contributed by atoms with Crippen LogP contribution in [0.25, 0.3) is 11.8 Å². The zero-order chi connectivity index (χ0) is 18.3. The first-order valence-electron chi connectivity index (χ1n) is 8.37. The average Bonchev–Trinajstić information content (AvgIpc) is 3.32. The highest BCUT2D eigenvalue weighted by molar-refractivity contribution is 6.05. The van der Waals surface area contributed by atoms with Crippen molar-refractivity contribution in [3.63, 3.8) is 0 Å². The van der Waals surface area contributed by atoms with Crippen molar-refractivity contribution < 1.29 is 14.4 Å². The summed E-state index contributed by atoms with van der Waals surface area (Å²) in [7, 11) is 0. The highest BCUT2D eigenvalue weighted by atomic mass is 16.8. The number of hydrazine groups is 1. The quantitative estimate of drug-likeness (QED) is 0.449. The van der Waals surface area contributed by atoms with Gasteiger partial charge < -0.3 is 20.6 Å². The first-order chi connectivity index (χ1) is 12.5. The van der Waals surface area contributed by atoms with Crippen LogP contribution in [0, 0.1) is 10.4 Å². The van der Waals surface area contributed by atoms with Gasteiger partial charge in [-0.3, -0.25) is 10.2 Å². The van der Waals surface area contributed by atoms with Gasteiger partial charge in [-0.25, -0.2) is 4.98 Å². The third-order valence-electron chi connectivity index (χ3n) is 4.76. The number of carbonyl (C=O) groups is 1. The van der Waals surface area contributed by atoms with Crippen LogP contribution in [0.1, 0.15) is 25.5 Å². The number of allylic oxidation sites excluding steroid dienone is 4. The zero-order valence-electron chi connectivity index (χ0n) is 14.1. The van der Waals surface area contributed by atoms with Gasteiger partial charge in [0.1, 0.15) is 5.41 Å². The van der Waals surface area contributed by atoms with Gasteiger partial charge in [-0.1, -0.05) is 0 Å². The minimum atomic E-state index is -0.690. The molecule has 1 saturated carbocycles. The van der Waals surface area contributed by atoms with Crippen LogP contribution in [0.4, 0.5) is 5.82 Å².